The molecule has 20 heavy (non-hydrogen) atoms. The number of nitrogens with zero attached hydrogens (tertiary/aromatic N) is 2. The van der Waals surface area contributed by atoms with Crippen LogP contribution in [0.4, 0.5) is 10.3 Å². The lowest BCUT2D eigenvalue weighted by Crippen LogP contribution is -2.05. The number of benzene rings is 1. The highest BCUT2D eigenvalue weighted by molar-refractivity contribution is 6.31. The first kappa shape index (κ1) is 14.5. The number of hydrogen-bond acceptors (Lipinski definition) is 4. The molecule has 0 aliphatic carbocycles. The van der Waals surface area contributed by atoms with E-state index in [4.69, 9.17) is 16.3 Å². The van der Waals surface area contributed by atoms with Crippen molar-refractivity contribution in [2.75, 3.05) is 11.9 Å². The fourth-order valence-electron chi connectivity index (χ4n) is 1.54. The van der Waals surface area contributed by atoms with E-state index in [1.807, 2.05) is 13.8 Å². The van der Waals surface area contributed by atoms with E-state index < -0.39 is 5.82 Å². The molecule has 1 aromatic carbocycles. The molecule has 0 bridgehead atoms. The van der Waals surface area contributed by atoms with Crippen LogP contribution in [0.15, 0.2) is 24.4 Å². The third-order valence-electron chi connectivity index (χ3n) is 2.54. The first-order valence-electron chi connectivity index (χ1n) is 6.30. The molecule has 2 aromatic rings. The van der Waals surface area contributed by atoms with E-state index >= 15 is 0 Å². The summed E-state index contributed by atoms with van der Waals surface area (Å²) >= 11 is 5.97. The second-order valence-corrected chi connectivity index (χ2v) is 4.72. The van der Waals surface area contributed by atoms with E-state index in [-0.39, 0.29) is 16.7 Å². The fourth-order valence-corrected chi connectivity index (χ4v) is 1.67. The van der Waals surface area contributed by atoms with Gasteiger partial charge in [-0.2, -0.15) is 4.98 Å². The molecule has 6 heteroatoms. The van der Waals surface area contributed by atoms with Gasteiger partial charge in [0.15, 0.2) is 11.6 Å². The molecular formula is C14H15ClFN3O. The van der Waals surface area contributed by atoms with Gasteiger partial charge in [0.1, 0.15) is 5.02 Å². The lowest BCUT2D eigenvalue weighted by Gasteiger charge is -2.10. The molecule has 106 valence electrons. The third-order valence-corrected chi connectivity index (χ3v) is 2.80. The minimum atomic E-state index is -0.464. The van der Waals surface area contributed by atoms with Crippen LogP contribution in [0.2, 0.25) is 5.02 Å². The second-order valence-electron chi connectivity index (χ2n) is 4.31. The summed E-state index contributed by atoms with van der Waals surface area (Å²) in [5.41, 5.74) is 0.885. The van der Waals surface area contributed by atoms with Crippen molar-refractivity contribution < 1.29 is 9.13 Å². The molecule has 0 saturated heterocycles. The first-order chi connectivity index (χ1) is 9.60. The molecule has 1 N–H and O–H groups in total. The maximum absolute atomic E-state index is 13.7. The van der Waals surface area contributed by atoms with Gasteiger partial charge in [0.2, 0.25) is 11.8 Å². The summed E-state index contributed by atoms with van der Waals surface area (Å²) in [6, 6.07) is 4.60. The van der Waals surface area contributed by atoms with Crippen molar-refractivity contribution in [2.45, 2.75) is 20.3 Å². The van der Waals surface area contributed by atoms with E-state index in [0.29, 0.717) is 5.95 Å². The van der Waals surface area contributed by atoms with E-state index in [1.165, 1.54) is 12.3 Å². The molecule has 1 aromatic heterocycles. The van der Waals surface area contributed by atoms with Crippen molar-refractivity contribution >= 4 is 17.5 Å². The highest BCUT2D eigenvalue weighted by Crippen LogP contribution is 2.29. The maximum Gasteiger partial charge on any atom is 0.243 e. The van der Waals surface area contributed by atoms with Crippen LogP contribution >= 0.6 is 11.6 Å². The van der Waals surface area contributed by atoms with Gasteiger partial charge in [0, 0.05) is 6.54 Å². The predicted molar refractivity (Wildman–Crippen MR) is 77.0 cm³/mol. The summed E-state index contributed by atoms with van der Waals surface area (Å²) in [5, 5.41) is 3.25. The molecule has 2 rings (SSSR count). The minimum absolute atomic E-state index is 0.0899. The first-order valence-corrected chi connectivity index (χ1v) is 6.68. The Morgan fingerprint density at radius 1 is 1.40 bits per heavy atom. The summed E-state index contributed by atoms with van der Waals surface area (Å²) < 4.78 is 19.1. The summed E-state index contributed by atoms with van der Waals surface area (Å²) in [7, 11) is 0. The van der Waals surface area contributed by atoms with Crippen LogP contribution in [0.25, 0.3) is 0 Å². The number of anilines is 1. The normalized spacial score (nSPS) is 10.4. The fraction of sp³-hybridized carbons (Fsp3) is 0.286. The van der Waals surface area contributed by atoms with E-state index in [1.54, 1.807) is 12.1 Å². The quantitative estimate of drug-likeness (QED) is 0.898. The van der Waals surface area contributed by atoms with Gasteiger partial charge in [0.25, 0.3) is 0 Å². The summed E-state index contributed by atoms with van der Waals surface area (Å²) in [5.74, 6) is 0.157. The standard InChI is InChI=1S/C14H15ClFN3O/c1-3-6-17-14-18-8-10(15)13(19-14)20-12-7-9(2)4-5-11(12)16/h4-5,7-8H,3,6H2,1-2H3,(H,17,18,19). The zero-order valence-corrected chi connectivity index (χ0v) is 12.0. The van der Waals surface area contributed by atoms with Gasteiger partial charge in [0.05, 0.1) is 6.20 Å². The van der Waals surface area contributed by atoms with E-state index in [0.717, 1.165) is 18.5 Å². The summed E-state index contributed by atoms with van der Waals surface area (Å²) in [4.78, 5) is 8.16. The van der Waals surface area contributed by atoms with Crippen LogP contribution in [0.3, 0.4) is 0 Å². The molecule has 1 heterocycles. The van der Waals surface area contributed by atoms with Crippen molar-refractivity contribution in [3.05, 3.63) is 40.8 Å². The van der Waals surface area contributed by atoms with Crippen LogP contribution in [0, 0.1) is 12.7 Å². The van der Waals surface area contributed by atoms with Crippen molar-refractivity contribution in [3.8, 4) is 11.6 Å². The zero-order valence-electron chi connectivity index (χ0n) is 11.3. The Bertz CT molecular complexity index is 607. The predicted octanol–water partition coefficient (Wildman–Crippen LogP) is 4.19. The van der Waals surface area contributed by atoms with Crippen molar-refractivity contribution in [3.63, 3.8) is 0 Å². The smallest absolute Gasteiger partial charge is 0.243 e. The summed E-state index contributed by atoms with van der Waals surface area (Å²) in [6.45, 7) is 4.62. The lowest BCUT2D eigenvalue weighted by molar-refractivity contribution is 0.427. The third kappa shape index (κ3) is 3.57. The number of aryl methyl sites for hydroxylation is 1. The number of hydrogen-bond donors (Lipinski definition) is 1. The maximum atomic E-state index is 13.7. The highest BCUT2D eigenvalue weighted by Gasteiger charge is 2.11. The molecule has 0 aliphatic heterocycles. The highest BCUT2D eigenvalue weighted by atomic mass is 35.5. The van der Waals surface area contributed by atoms with Gasteiger partial charge in [-0.15, -0.1) is 0 Å². The largest absolute Gasteiger partial charge is 0.434 e. The molecule has 0 radical (unpaired) electrons. The zero-order chi connectivity index (χ0) is 14.5. The van der Waals surface area contributed by atoms with Gasteiger partial charge in [-0.3, -0.25) is 0 Å². The molecule has 0 amide bonds. The van der Waals surface area contributed by atoms with Gasteiger partial charge >= 0.3 is 0 Å². The number of nitrogens with one attached hydrogen (secondary N) is 1. The van der Waals surface area contributed by atoms with Crippen LogP contribution in [-0.4, -0.2) is 16.5 Å². The van der Waals surface area contributed by atoms with E-state index in [9.17, 15) is 4.39 Å². The average Bonchev–Trinajstić information content (AvgIpc) is 2.43. The number of ether oxygens (including phenoxy) is 1. The monoisotopic (exact) mass is 295 g/mol. The Balaban J connectivity index is 2.25. The number of rotatable bonds is 5. The molecule has 0 fully saturated rings. The van der Waals surface area contributed by atoms with Crippen LogP contribution in [0.5, 0.6) is 11.6 Å². The molecule has 0 saturated carbocycles. The average molecular weight is 296 g/mol. The van der Waals surface area contributed by atoms with Crippen molar-refractivity contribution in [2.24, 2.45) is 0 Å². The number of aromatic nitrogens is 2. The molecule has 0 aliphatic rings. The molecule has 0 unspecified atom stereocenters. The van der Waals surface area contributed by atoms with Gasteiger partial charge in [-0.25, -0.2) is 9.37 Å². The lowest BCUT2D eigenvalue weighted by atomic mass is 10.2. The van der Waals surface area contributed by atoms with E-state index in [2.05, 4.69) is 15.3 Å². The van der Waals surface area contributed by atoms with Crippen LogP contribution in [-0.2, 0) is 0 Å². The Morgan fingerprint density at radius 3 is 2.95 bits per heavy atom. The Labute approximate surface area is 122 Å². The second kappa shape index (κ2) is 6.52. The SMILES string of the molecule is CCCNc1ncc(Cl)c(Oc2cc(C)ccc2F)n1. The molecule has 4 nitrogen and oxygen atoms in total. The Hall–Kier alpha value is -1.88. The van der Waals surface area contributed by atoms with Gasteiger partial charge < -0.3 is 10.1 Å². The minimum Gasteiger partial charge on any atom is -0.434 e. The Morgan fingerprint density at radius 2 is 2.20 bits per heavy atom. The van der Waals surface area contributed by atoms with Crippen LogP contribution < -0.4 is 10.1 Å². The van der Waals surface area contributed by atoms with Gasteiger partial charge in [-0.1, -0.05) is 24.6 Å². The number of halogens is 2. The topological polar surface area (TPSA) is 47.0 Å². The van der Waals surface area contributed by atoms with Crippen molar-refractivity contribution in [1.82, 2.24) is 9.97 Å². The van der Waals surface area contributed by atoms with Crippen molar-refractivity contribution in [1.29, 1.82) is 0 Å². The molecule has 0 spiro atoms. The molecular weight excluding hydrogens is 281 g/mol. The summed E-state index contributed by atoms with van der Waals surface area (Å²) in [6.07, 6.45) is 2.37. The molecule has 0 atom stereocenters. The van der Waals surface area contributed by atoms with Gasteiger partial charge in [-0.05, 0) is 31.0 Å². The Kier molecular flexibility index (Phi) is 4.74. The van der Waals surface area contributed by atoms with Crippen LogP contribution in [0.1, 0.15) is 18.9 Å².